The normalized spacial score (nSPS) is 11.0. The van der Waals surface area contributed by atoms with Gasteiger partial charge in [0.25, 0.3) is 0 Å². The monoisotopic (exact) mass is 318 g/mol. The van der Waals surface area contributed by atoms with Crippen LogP contribution in [0.3, 0.4) is 0 Å². The number of rotatable bonds is 4. The number of benzene rings is 2. The molecule has 0 bridgehead atoms. The third-order valence-electron chi connectivity index (χ3n) is 2.50. The minimum Gasteiger partial charge on any atom is -1.00 e. The third-order valence-corrected chi connectivity index (χ3v) is 3.53. The minimum absolute atomic E-state index is 0. The zero-order valence-corrected chi connectivity index (χ0v) is 17.1. The summed E-state index contributed by atoms with van der Waals surface area (Å²) >= 11 is 0. The van der Waals surface area contributed by atoms with Gasteiger partial charge in [0.2, 0.25) is 0 Å². The molecule has 5 heteroatoms. The van der Waals surface area contributed by atoms with Crippen LogP contribution < -0.4 is 59.1 Å². The summed E-state index contributed by atoms with van der Waals surface area (Å²) in [5.74, 6) is 0. The molecule has 0 unspecified atom stereocenters. The molecule has 0 atom stereocenters. The van der Waals surface area contributed by atoms with E-state index in [2.05, 4.69) is 0 Å². The average Bonchev–Trinajstić information content (AvgIpc) is 2.46. The number of hydrogen-bond acceptors (Lipinski definition) is 2. The quantitative estimate of drug-likeness (QED) is 0.610. The first kappa shape index (κ1) is 20.9. The summed E-state index contributed by atoms with van der Waals surface area (Å²) < 4.78 is 23.6. The van der Waals surface area contributed by atoms with Crippen LogP contribution in [0.15, 0.2) is 71.5 Å². The van der Waals surface area contributed by atoms with Gasteiger partial charge in [-0.1, -0.05) is 60.7 Å². The fourth-order valence-corrected chi connectivity index (χ4v) is 2.30. The molecule has 0 aliphatic carbocycles. The van der Waals surface area contributed by atoms with Crippen molar-refractivity contribution in [1.82, 2.24) is 0 Å². The predicted molar refractivity (Wildman–Crippen MR) is 82.1 cm³/mol. The Morgan fingerprint density at radius 1 is 0.667 bits per heavy atom. The predicted octanol–water partition coefficient (Wildman–Crippen LogP) is -2.02. The molecule has 2 aromatic carbocycles. The molecule has 2 aromatic rings. The third kappa shape index (κ3) is 8.17. The number of sulfone groups is 1. The van der Waals surface area contributed by atoms with Gasteiger partial charge in [0.1, 0.15) is 0 Å². The maximum Gasteiger partial charge on any atom is 1.00 e. The van der Waals surface area contributed by atoms with Crippen LogP contribution in [0, 0.1) is 0 Å². The summed E-state index contributed by atoms with van der Waals surface area (Å²) in [4.78, 5) is 0. The second kappa shape index (κ2) is 10.6. The number of hydrogen-bond donors (Lipinski definition) is 0. The van der Waals surface area contributed by atoms with Gasteiger partial charge < -0.3 is 2.85 Å². The molecular weight excluding hydrogens is 302 g/mol. The van der Waals surface area contributed by atoms with E-state index in [1.807, 2.05) is 60.7 Å². The van der Waals surface area contributed by atoms with Gasteiger partial charge in [-0.2, -0.15) is 0 Å². The van der Waals surface area contributed by atoms with Crippen LogP contribution in [-0.2, 0) is 9.84 Å². The Morgan fingerprint density at radius 2 is 1.00 bits per heavy atom. The largest absolute Gasteiger partial charge is 1.00 e. The van der Waals surface area contributed by atoms with Gasteiger partial charge in [-0.3, -0.25) is 0 Å². The molecule has 0 saturated heterocycles. The van der Waals surface area contributed by atoms with Crippen LogP contribution in [0.1, 0.15) is 14.0 Å². The van der Waals surface area contributed by atoms with Gasteiger partial charge in [0.15, 0.2) is 9.84 Å². The Balaban J connectivity index is -0.000001000. The van der Waals surface area contributed by atoms with Gasteiger partial charge in [-0.25, -0.2) is 8.42 Å². The average molecular weight is 318 g/mol. The molecule has 0 aliphatic rings. The van der Waals surface area contributed by atoms with E-state index in [1.165, 1.54) is 10.8 Å². The molecule has 0 aromatic heterocycles. The van der Waals surface area contributed by atoms with Crippen molar-refractivity contribution in [2.45, 2.75) is 0 Å². The van der Waals surface area contributed by atoms with E-state index in [0.29, 0.717) is 0 Å². The maximum absolute atomic E-state index is 11.8. The van der Waals surface area contributed by atoms with Crippen LogP contribution in [0.25, 0.3) is 12.2 Å². The first-order chi connectivity index (χ1) is 9.16. The van der Waals surface area contributed by atoms with Crippen LogP contribution in [0.4, 0.5) is 0 Å². The zero-order chi connectivity index (χ0) is 13.6. The Morgan fingerprint density at radius 3 is 1.33 bits per heavy atom. The molecule has 0 amide bonds. The van der Waals surface area contributed by atoms with Gasteiger partial charge in [0.05, 0.1) is 0 Å². The van der Waals surface area contributed by atoms with Gasteiger partial charge in [-0.15, -0.1) is 0 Å². The van der Waals surface area contributed by atoms with E-state index in [9.17, 15) is 8.42 Å². The molecule has 2 rings (SSSR count). The van der Waals surface area contributed by atoms with Crippen molar-refractivity contribution in [3.63, 3.8) is 0 Å². The summed E-state index contributed by atoms with van der Waals surface area (Å²) in [6.07, 6.45) is 3.18. The SMILES string of the molecule is O=S(=O)(C=Cc1ccccc1)C=Cc1ccccc1.[H-].[H-].[Na+].[Na+]. The second-order valence-electron chi connectivity index (χ2n) is 4.02. The van der Waals surface area contributed by atoms with E-state index in [-0.39, 0.29) is 62.0 Å². The molecule has 0 spiro atoms. The summed E-state index contributed by atoms with van der Waals surface area (Å²) in [5.41, 5.74) is 1.72. The van der Waals surface area contributed by atoms with Gasteiger partial charge in [0, 0.05) is 10.8 Å². The zero-order valence-electron chi connectivity index (χ0n) is 14.3. The first-order valence-corrected chi connectivity index (χ1v) is 7.48. The van der Waals surface area contributed by atoms with Crippen molar-refractivity contribution in [2.75, 3.05) is 0 Å². The van der Waals surface area contributed by atoms with E-state index in [4.69, 9.17) is 0 Å². The molecule has 0 radical (unpaired) electrons. The Hall–Kier alpha value is -0.130. The summed E-state index contributed by atoms with van der Waals surface area (Å²) in [5, 5.41) is 2.42. The van der Waals surface area contributed by atoms with Crippen molar-refractivity contribution < 1.29 is 70.4 Å². The smallest absolute Gasteiger partial charge is 1.00 e. The Kier molecular flexibility index (Phi) is 10.5. The van der Waals surface area contributed by atoms with E-state index in [0.717, 1.165) is 11.1 Å². The molecular formula is C16H16Na2O2S. The topological polar surface area (TPSA) is 34.1 Å². The van der Waals surface area contributed by atoms with Gasteiger partial charge in [-0.05, 0) is 23.3 Å². The standard InChI is InChI=1S/C16H14O2S.2Na.2H/c17-19(18,13-11-15-7-3-1-4-8-15)14-12-16-9-5-2-6-10-16;;;;/h1-14H;;;;/q;2*+1;2*-1. The van der Waals surface area contributed by atoms with Crippen molar-refractivity contribution in [3.05, 3.63) is 82.6 Å². The first-order valence-electron chi connectivity index (χ1n) is 5.87. The molecule has 0 saturated carbocycles. The van der Waals surface area contributed by atoms with Crippen molar-refractivity contribution in [2.24, 2.45) is 0 Å². The summed E-state index contributed by atoms with van der Waals surface area (Å²) in [7, 11) is -3.34. The van der Waals surface area contributed by atoms with Crippen molar-refractivity contribution in [1.29, 1.82) is 0 Å². The molecule has 2 nitrogen and oxygen atoms in total. The van der Waals surface area contributed by atoms with Crippen LogP contribution >= 0.6 is 0 Å². The van der Waals surface area contributed by atoms with Crippen LogP contribution in [0.2, 0.25) is 0 Å². The van der Waals surface area contributed by atoms with Crippen LogP contribution in [-0.4, -0.2) is 8.42 Å². The fraction of sp³-hybridized carbons (Fsp3) is 0. The molecule has 100 valence electrons. The van der Waals surface area contributed by atoms with Crippen molar-refractivity contribution in [3.8, 4) is 0 Å². The fourth-order valence-electron chi connectivity index (χ4n) is 1.52. The summed E-state index contributed by atoms with van der Waals surface area (Å²) in [6.45, 7) is 0. The molecule has 0 fully saturated rings. The molecule has 21 heavy (non-hydrogen) atoms. The summed E-state index contributed by atoms with van der Waals surface area (Å²) in [6, 6.07) is 18.7. The van der Waals surface area contributed by atoms with E-state index < -0.39 is 9.84 Å². The Bertz CT molecular complexity index is 633. The van der Waals surface area contributed by atoms with Crippen LogP contribution in [0.5, 0.6) is 0 Å². The molecule has 0 N–H and O–H groups in total. The van der Waals surface area contributed by atoms with Gasteiger partial charge >= 0.3 is 59.1 Å². The minimum atomic E-state index is -3.34. The second-order valence-corrected chi connectivity index (χ2v) is 5.74. The maximum atomic E-state index is 11.8. The molecule has 0 aliphatic heterocycles. The molecule has 0 heterocycles. The van der Waals surface area contributed by atoms with E-state index in [1.54, 1.807) is 12.2 Å². The van der Waals surface area contributed by atoms with E-state index >= 15 is 0 Å². The van der Waals surface area contributed by atoms with Crippen molar-refractivity contribution >= 4 is 22.0 Å². The Labute approximate surface area is 173 Å².